The highest BCUT2D eigenvalue weighted by atomic mass is 19.1. The molecule has 0 spiro atoms. The fourth-order valence-electron chi connectivity index (χ4n) is 3.35. The molecule has 0 unspecified atom stereocenters. The molecule has 3 rings (SSSR count). The fourth-order valence-corrected chi connectivity index (χ4v) is 3.35. The summed E-state index contributed by atoms with van der Waals surface area (Å²) >= 11 is 0. The molecule has 1 amide bonds. The largest absolute Gasteiger partial charge is 0.449 e. The Bertz CT molecular complexity index is 873. The molecule has 0 atom stereocenters. The van der Waals surface area contributed by atoms with E-state index >= 15 is 0 Å². The van der Waals surface area contributed by atoms with E-state index in [1.54, 1.807) is 11.0 Å². The molecule has 7 nitrogen and oxygen atoms in total. The van der Waals surface area contributed by atoms with Gasteiger partial charge in [0, 0.05) is 31.8 Å². The number of carbonyl (C=O) groups excluding carboxylic acids is 1. The summed E-state index contributed by atoms with van der Waals surface area (Å²) in [4.78, 5) is 22.1. The standard InChI is InChI=1S/C22H29F2N5O2/c1-15(2)13-31-22(30)29-7-5-16(6-8-29)11-25-12-18-10-21(27-14-26-18)28-20-9-17(23)3-4-19(20)24/h3-4,9-10,14-16,25H,5-8,11-13H2,1-2H3,(H,26,27,28). The summed E-state index contributed by atoms with van der Waals surface area (Å²) in [6, 6.07) is 4.91. The normalized spacial score (nSPS) is 14.7. The molecular formula is C22H29F2N5O2. The van der Waals surface area contributed by atoms with Crippen LogP contribution in [-0.2, 0) is 11.3 Å². The lowest BCUT2D eigenvalue weighted by Crippen LogP contribution is -2.41. The van der Waals surface area contributed by atoms with Gasteiger partial charge in [0.15, 0.2) is 0 Å². The van der Waals surface area contributed by atoms with Gasteiger partial charge < -0.3 is 20.3 Å². The van der Waals surface area contributed by atoms with Gasteiger partial charge in [-0.3, -0.25) is 0 Å². The number of hydrogen-bond donors (Lipinski definition) is 2. The van der Waals surface area contributed by atoms with Gasteiger partial charge >= 0.3 is 6.09 Å². The van der Waals surface area contributed by atoms with Gasteiger partial charge in [-0.1, -0.05) is 13.8 Å². The molecule has 1 aliphatic rings. The molecule has 9 heteroatoms. The number of piperidine rings is 1. The maximum atomic E-state index is 13.8. The van der Waals surface area contributed by atoms with Crippen molar-refractivity contribution in [3.05, 3.63) is 47.9 Å². The smallest absolute Gasteiger partial charge is 0.409 e. The summed E-state index contributed by atoms with van der Waals surface area (Å²) in [5, 5.41) is 6.16. The van der Waals surface area contributed by atoms with Crippen molar-refractivity contribution in [2.24, 2.45) is 11.8 Å². The van der Waals surface area contributed by atoms with E-state index < -0.39 is 11.6 Å². The minimum absolute atomic E-state index is 0.0243. The summed E-state index contributed by atoms with van der Waals surface area (Å²) in [6.07, 6.45) is 2.99. The molecule has 2 aromatic rings. The summed E-state index contributed by atoms with van der Waals surface area (Å²) < 4.78 is 32.4. The van der Waals surface area contributed by atoms with Crippen molar-refractivity contribution in [2.75, 3.05) is 31.6 Å². The van der Waals surface area contributed by atoms with E-state index in [1.165, 1.54) is 6.33 Å². The van der Waals surface area contributed by atoms with E-state index in [-0.39, 0.29) is 11.8 Å². The molecule has 1 saturated heterocycles. The van der Waals surface area contributed by atoms with E-state index in [0.717, 1.165) is 43.3 Å². The van der Waals surface area contributed by atoms with Crippen molar-refractivity contribution in [3.8, 4) is 0 Å². The molecule has 31 heavy (non-hydrogen) atoms. The molecule has 2 N–H and O–H groups in total. The molecule has 0 radical (unpaired) electrons. The lowest BCUT2D eigenvalue weighted by Gasteiger charge is -2.31. The van der Waals surface area contributed by atoms with Gasteiger partial charge in [0.2, 0.25) is 0 Å². The van der Waals surface area contributed by atoms with Gasteiger partial charge in [-0.05, 0) is 43.4 Å². The second kappa shape index (κ2) is 11.0. The quantitative estimate of drug-likeness (QED) is 0.653. The number of ether oxygens (including phenoxy) is 1. The van der Waals surface area contributed by atoms with Crippen LogP contribution in [0.1, 0.15) is 32.4 Å². The van der Waals surface area contributed by atoms with Gasteiger partial charge in [-0.25, -0.2) is 23.5 Å². The lowest BCUT2D eigenvalue weighted by molar-refractivity contribution is 0.0789. The van der Waals surface area contributed by atoms with Crippen molar-refractivity contribution in [1.82, 2.24) is 20.2 Å². The van der Waals surface area contributed by atoms with Gasteiger partial charge in [-0.15, -0.1) is 0 Å². The highest BCUT2D eigenvalue weighted by Gasteiger charge is 2.23. The van der Waals surface area contributed by atoms with E-state index in [4.69, 9.17) is 4.74 Å². The number of aromatic nitrogens is 2. The predicted molar refractivity (Wildman–Crippen MR) is 114 cm³/mol. The van der Waals surface area contributed by atoms with Gasteiger partial charge in [-0.2, -0.15) is 0 Å². The molecule has 1 aromatic carbocycles. The van der Waals surface area contributed by atoms with Crippen LogP contribution in [0.4, 0.5) is 25.1 Å². The van der Waals surface area contributed by atoms with Crippen LogP contribution in [0.25, 0.3) is 0 Å². The molecule has 1 fully saturated rings. The number of benzene rings is 1. The minimum atomic E-state index is -0.556. The third-order valence-electron chi connectivity index (χ3n) is 5.07. The SMILES string of the molecule is CC(C)COC(=O)N1CCC(CNCc2cc(Nc3cc(F)ccc3F)ncn2)CC1. The Balaban J connectivity index is 1.42. The zero-order chi connectivity index (χ0) is 22.2. The number of amides is 1. The third kappa shape index (κ3) is 7.13. The first-order chi connectivity index (χ1) is 14.9. The van der Waals surface area contributed by atoms with Crippen molar-refractivity contribution in [2.45, 2.75) is 33.2 Å². The zero-order valence-corrected chi connectivity index (χ0v) is 17.9. The Labute approximate surface area is 181 Å². The van der Waals surface area contributed by atoms with Crippen LogP contribution in [0.3, 0.4) is 0 Å². The Kier molecular flexibility index (Phi) is 8.11. The second-order valence-electron chi connectivity index (χ2n) is 8.18. The van der Waals surface area contributed by atoms with E-state index in [2.05, 4.69) is 20.6 Å². The first-order valence-electron chi connectivity index (χ1n) is 10.6. The number of halogens is 2. The van der Waals surface area contributed by atoms with Crippen LogP contribution in [0.5, 0.6) is 0 Å². The van der Waals surface area contributed by atoms with Crippen LogP contribution in [-0.4, -0.2) is 47.2 Å². The zero-order valence-electron chi connectivity index (χ0n) is 17.9. The van der Waals surface area contributed by atoms with E-state index in [0.29, 0.717) is 43.9 Å². The van der Waals surface area contributed by atoms with Gasteiger partial charge in [0.1, 0.15) is 23.8 Å². The average Bonchev–Trinajstić information content (AvgIpc) is 2.75. The summed E-state index contributed by atoms with van der Waals surface area (Å²) in [6.45, 7) is 7.21. The maximum Gasteiger partial charge on any atom is 0.409 e. The Morgan fingerprint density at radius 3 is 2.74 bits per heavy atom. The first-order valence-corrected chi connectivity index (χ1v) is 10.6. The number of carbonyl (C=O) groups is 1. The molecule has 1 aromatic heterocycles. The molecule has 0 saturated carbocycles. The number of anilines is 2. The second-order valence-corrected chi connectivity index (χ2v) is 8.18. The van der Waals surface area contributed by atoms with Crippen molar-refractivity contribution >= 4 is 17.6 Å². The summed E-state index contributed by atoms with van der Waals surface area (Å²) in [5.74, 6) is 0.105. The monoisotopic (exact) mass is 433 g/mol. The van der Waals surface area contributed by atoms with Crippen LogP contribution < -0.4 is 10.6 Å². The summed E-state index contributed by atoms with van der Waals surface area (Å²) in [5.41, 5.74) is 0.764. The van der Waals surface area contributed by atoms with Crippen molar-refractivity contribution < 1.29 is 18.3 Å². The highest BCUT2D eigenvalue weighted by Crippen LogP contribution is 2.20. The maximum absolute atomic E-state index is 13.8. The third-order valence-corrected chi connectivity index (χ3v) is 5.07. The van der Waals surface area contributed by atoms with Gasteiger partial charge in [0.25, 0.3) is 0 Å². The minimum Gasteiger partial charge on any atom is -0.449 e. The highest BCUT2D eigenvalue weighted by molar-refractivity contribution is 5.67. The number of nitrogens with zero attached hydrogens (tertiary/aromatic N) is 3. The van der Waals surface area contributed by atoms with E-state index in [9.17, 15) is 13.6 Å². The predicted octanol–water partition coefficient (Wildman–Crippen LogP) is 4.09. The molecule has 2 heterocycles. The van der Waals surface area contributed by atoms with Gasteiger partial charge in [0.05, 0.1) is 18.0 Å². The van der Waals surface area contributed by atoms with Crippen LogP contribution >= 0.6 is 0 Å². The van der Waals surface area contributed by atoms with Crippen molar-refractivity contribution in [3.63, 3.8) is 0 Å². The Morgan fingerprint density at radius 2 is 2.00 bits per heavy atom. The summed E-state index contributed by atoms with van der Waals surface area (Å²) in [7, 11) is 0. The molecule has 0 bridgehead atoms. The number of rotatable bonds is 8. The van der Waals surface area contributed by atoms with Crippen LogP contribution in [0.15, 0.2) is 30.6 Å². The van der Waals surface area contributed by atoms with E-state index in [1.807, 2.05) is 13.8 Å². The Morgan fingerprint density at radius 1 is 1.23 bits per heavy atom. The number of likely N-dealkylation sites (tertiary alicyclic amines) is 1. The lowest BCUT2D eigenvalue weighted by atomic mass is 9.97. The fraction of sp³-hybridized carbons (Fsp3) is 0.500. The molecule has 1 aliphatic heterocycles. The molecular weight excluding hydrogens is 404 g/mol. The number of nitrogens with one attached hydrogen (secondary N) is 2. The molecule has 0 aliphatic carbocycles. The van der Waals surface area contributed by atoms with Crippen molar-refractivity contribution in [1.29, 1.82) is 0 Å². The number of hydrogen-bond acceptors (Lipinski definition) is 6. The molecule has 168 valence electrons. The van der Waals surface area contributed by atoms with Crippen LogP contribution in [0, 0.1) is 23.5 Å². The first kappa shape index (κ1) is 22.9. The van der Waals surface area contributed by atoms with Crippen LogP contribution in [0.2, 0.25) is 0 Å². The average molecular weight is 434 g/mol. The Hall–Kier alpha value is -2.81. The topological polar surface area (TPSA) is 79.4 Å².